The Kier molecular flexibility index (Phi) is 23.0. The van der Waals surface area contributed by atoms with E-state index < -0.39 is 92.7 Å². The zero-order valence-corrected chi connectivity index (χ0v) is 29.5. The second-order valence-electron chi connectivity index (χ2n) is 7.52. The molecule has 19 heteroatoms. The van der Waals surface area contributed by atoms with E-state index in [9.17, 15) is 28.3 Å². The molecule has 0 aliphatic carbocycles. The number of hydrogen-bond acceptors (Lipinski definition) is 13. The molecule has 2 heterocycles. The molecule has 2 aliphatic heterocycles. The summed E-state index contributed by atoms with van der Waals surface area (Å²) >= 11 is 6.89. The number of aliphatic hydroxyl groups excluding tert-OH is 3. The molecule has 0 spiro atoms. The summed E-state index contributed by atoms with van der Waals surface area (Å²) in [5.41, 5.74) is 0. The third kappa shape index (κ3) is 13.3. The van der Waals surface area contributed by atoms with Gasteiger partial charge in [0.05, 0.1) is 6.61 Å². The molecule has 0 aromatic rings. The van der Waals surface area contributed by atoms with Crippen molar-refractivity contribution in [3.05, 3.63) is 0 Å². The molecular weight excluding hydrogens is 918 g/mol. The molecule has 0 bridgehead atoms. The van der Waals surface area contributed by atoms with Gasteiger partial charge in [-0.05, 0) is 4.93 Å². The second kappa shape index (κ2) is 21.5. The van der Waals surface area contributed by atoms with E-state index >= 15 is 0 Å². The fourth-order valence-electron chi connectivity index (χ4n) is 3.29. The average Bonchev–Trinajstić information content (AvgIpc) is 3.30. The van der Waals surface area contributed by atoms with Gasteiger partial charge in [0.1, 0.15) is 44.4 Å². The molecule has 0 radical (unpaired) electrons. The van der Waals surface area contributed by atoms with Crippen molar-refractivity contribution in [3.63, 3.8) is 0 Å². The first-order valence-corrected chi connectivity index (χ1v) is 21.9. The Morgan fingerprint density at radius 1 is 0.949 bits per heavy atom. The number of alkyl halides is 3. The van der Waals surface area contributed by atoms with E-state index in [1.54, 1.807) is 0 Å². The number of carbonyl (C=O) groups is 3. The summed E-state index contributed by atoms with van der Waals surface area (Å²) in [6.45, 7) is 0.0301. The minimum absolute atomic E-state index is 0.453. The Morgan fingerprint density at radius 3 is 1.74 bits per heavy atom. The summed E-state index contributed by atoms with van der Waals surface area (Å²) in [5.74, 6) is -6.04. The number of carbonyl (C=O) groups excluding carboxylic acids is 3. The maximum atomic E-state index is 13.2. The minimum atomic E-state index is -2.24. The summed E-state index contributed by atoms with van der Waals surface area (Å²) in [4.78, 5) is 35.5. The van der Waals surface area contributed by atoms with Gasteiger partial charge in [0.25, 0.3) is 0 Å². The van der Waals surface area contributed by atoms with Crippen LogP contribution in [-0.4, -0.2) is 125 Å². The molecule has 4 N–H and O–H groups in total. The van der Waals surface area contributed by atoms with Gasteiger partial charge in [-0.15, -0.1) is 0 Å². The number of rotatable bonds is 8. The van der Waals surface area contributed by atoms with Crippen LogP contribution in [0, 0.1) is 0 Å². The van der Waals surface area contributed by atoms with Gasteiger partial charge in [0.15, 0.2) is 12.2 Å². The first-order chi connectivity index (χ1) is 18.2. The number of aliphatic hydroxyl groups is 4. The summed E-state index contributed by atoms with van der Waals surface area (Å²) < 4.78 is 55.1. The molecule has 2 aliphatic rings. The summed E-state index contributed by atoms with van der Waals surface area (Å²) in [5, 5.41) is 35.9. The van der Waals surface area contributed by atoms with Crippen LogP contribution in [-0.2, 0) is 52.3 Å². The van der Waals surface area contributed by atoms with Crippen LogP contribution in [0.3, 0.4) is 0 Å². The molecule has 2 unspecified atom stereocenters. The van der Waals surface area contributed by atoms with Crippen LogP contribution in [0.15, 0.2) is 0 Å². The first-order valence-electron chi connectivity index (χ1n) is 10.7. The van der Waals surface area contributed by atoms with Crippen molar-refractivity contribution in [2.75, 3.05) is 38.6 Å². The average molecular weight is 951 g/mol. The number of esters is 3. The monoisotopic (exact) mass is 951 g/mol. The van der Waals surface area contributed by atoms with Crippen LogP contribution >= 0.6 is 62.5 Å². The molecule has 231 valence electrons. The van der Waals surface area contributed by atoms with Crippen LogP contribution in [0.2, 0.25) is 0 Å². The van der Waals surface area contributed by atoms with E-state index in [-0.39, 0.29) is 0 Å². The topological polar surface area (TPSA) is 188 Å². The summed E-state index contributed by atoms with van der Waals surface area (Å²) in [6, 6.07) is 0. The van der Waals surface area contributed by atoms with E-state index in [0.717, 1.165) is 20.8 Å². The molecule has 0 saturated carbocycles. The van der Waals surface area contributed by atoms with Crippen molar-refractivity contribution in [2.24, 2.45) is 0 Å². The maximum absolute atomic E-state index is 13.2. The molecular formula is C20H33F2I3O13V. The Balaban J connectivity index is 0. The first kappa shape index (κ1) is 41.9. The molecule has 0 aromatic heterocycles. The summed E-state index contributed by atoms with van der Waals surface area (Å²) in [7, 11) is 1.84. The Hall–Kier alpha value is 0.764. The predicted molar refractivity (Wildman–Crippen MR) is 151 cm³/mol. The molecule has 39 heavy (non-hydrogen) atoms. The Bertz CT molecular complexity index is 747. The third-order valence-corrected chi connectivity index (χ3v) is 4.92. The van der Waals surface area contributed by atoms with Gasteiger partial charge in [-0.25, -0.2) is 8.78 Å². The third-order valence-electron chi connectivity index (χ3n) is 4.92. The van der Waals surface area contributed by atoms with Crippen molar-refractivity contribution in [2.45, 2.75) is 69.0 Å². The van der Waals surface area contributed by atoms with Crippen LogP contribution in [0.1, 0.15) is 20.8 Å². The van der Waals surface area contributed by atoms with E-state index in [1.807, 2.05) is 4.93 Å². The number of halogens is 5. The van der Waals surface area contributed by atoms with Crippen molar-refractivity contribution in [1.82, 2.24) is 0 Å². The fraction of sp³-hybridized carbons (Fsp3) is 0.850. The van der Waals surface area contributed by atoms with E-state index in [2.05, 4.69) is 67.3 Å². The predicted octanol–water partition coefficient (Wildman–Crippen LogP) is 0.701. The molecule has 0 amide bonds. The van der Waals surface area contributed by atoms with Crippen LogP contribution in [0.25, 0.3) is 0 Å². The zero-order valence-electron chi connectivity index (χ0n) is 21.6. The van der Waals surface area contributed by atoms with Gasteiger partial charge >= 0.3 is 67.3 Å². The Labute approximate surface area is 267 Å². The van der Waals surface area contributed by atoms with Crippen LogP contribution in [0.4, 0.5) is 8.78 Å². The number of ether oxygens (including phenoxy) is 6. The van der Waals surface area contributed by atoms with Gasteiger partial charge in [0.2, 0.25) is 11.6 Å². The van der Waals surface area contributed by atoms with E-state index in [0.29, 0.717) is 9.47 Å². The van der Waals surface area contributed by atoms with Gasteiger partial charge < -0.3 is 48.8 Å². The SMILES string of the molecule is CI.COC1(COC(C)=O)O[C@H](CF)[C@@H](OC(C)=O)[C@@H]1OC(C)=O.OCC1(O)O[C@H](CF)[C@@H](O)[C@@H]1O.[I][V][I]. The Morgan fingerprint density at radius 2 is 1.44 bits per heavy atom. The van der Waals surface area contributed by atoms with Gasteiger partial charge in [-0.3, -0.25) is 14.4 Å². The molecule has 2 saturated heterocycles. The quantitative estimate of drug-likeness (QED) is 0.116. The van der Waals surface area contributed by atoms with Crippen LogP contribution in [0.5, 0.6) is 0 Å². The number of hydrogen-bond donors (Lipinski definition) is 4. The molecule has 13 nitrogen and oxygen atoms in total. The standard InChI is InChI=1S/C13H19FO8.C6H11FO5.CH3I.2HI.V/c1-7(15)19-6-13(18-4)12(21-9(3)17)11(20-8(2)16)10(5-14)22-13;7-1-3-4(9)5(10)6(11,2-8)12-3;1-2;;;/h10-12H,5-6H2,1-4H3;3-5,8-11H,1-2H2;1H3;2*1H;/q;;;;;+2/p-2/t10-,11-,12+,13?;3-,4-,5+,6?;;;;/m11..../s1. The van der Waals surface area contributed by atoms with Gasteiger partial charge in [-0.2, -0.15) is 0 Å². The molecule has 2 rings (SSSR count). The molecule has 0 aromatic carbocycles. The fourth-order valence-corrected chi connectivity index (χ4v) is 3.29. The van der Waals surface area contributed by atoms with Crippen molar-refractivity contribution in [3.8, 4) is 0 Å². The second-order valence-corrected chi connectivity index (χ2v) is 19.3. The normalized spacial score (nSPS) is 32.7. The van der Waals surface area contributed by atoms with Gasteiger partial charge in [0, 0.05) is 27.9 Å². The van der Waals surface area contributed by atoms with E-state index in [1.165, 1.54) is 7.11 Å². The summed E-state index contributed by atoms with van der Waals surface area (Å²) in [6.07, 6.45) is -8.18. The van der Waals surface area contributed by atoms with Crippen molar-refractivity contribution in [1.29, 1.82) is 0 Å². The van der Waals surface area contributed by atoms with Crippen molar-refractivity contribution >= 4 is 80.5 Å². The molecule has 2 fully saturated rings. The van der Waals surface area contributed by atoms with Crippen LogP contribution < -0.4 is 0 Å². The number of methoxy groups -OCH3 is 1. The zero-order chi connectivity index (χ0) is 31.0. The molecule has 8 atom stereocenters. The van der Waals surface area contributed by atoms with Gasteiger partial charge in [-0.1, -0.05) is 22.6 Å². The van der Waals surface area contributed by atoms with E-state index in [4.69, 9.17) is 39.0 Å². The van der Waals surface area contributed by atoms with Crippen molar-refractivity contribution < 1.29 is 81.5 Å².